The van der Waals surface area contributed by atoms with Gasteiger partial charge in [-0.05, 0) is 70.0 Å². The van der Waals surface area contributed by atoms with E-state index in [1.54, 1.807) is 0 Å². The number of rotatable bonds is 3. The first-order chi connectivity index (χ1) is 9.58. The van der Waals surface area contributed by atoms with Crippen molar-refractivity contribution in [3.8, 4) is 0 Å². The number of nitrogens with one attached hydrogen (secondary N) is 1. The largest absolute Gasteiger partial charge is 0.325 e. The highest BCUT2D eigenvalue weighted by atomic mass is 16.2. The predicted octanol–water partition coefficient (Wildman–Crippen LogP) is 3.51. The van der Waals surface area contributed by atoms with Gasteiger partial charge in [-0.3, -0.25) is 9.69 Å². The fraction of sp³-hybridized carbons (Fsp3) is 0.588. The van der Waals surface area contributed by atoms with Crippen LogP contribution in [0.15, 0.2) is 18.2 Å². The van der Waals surface area contributed by atoms with E-state index in [9.17, 15) is 4.79 Å². The molecule has 0 aromatic heterocycles. The van der Waals surface area contributed by atoms with E-state index in [2.05, 4.69) is 30.1 Å². The van der Waals surface area contributed by atoms with E-state index in [0.29, 0.717) is 0 Å². The van der Waals surface area contributed by atoms with Crippen LogP contribution in [0.4, 0.5) is 5.69 Å². The Morgan fingerprint density at radius 3 is 2.35 bits per heavy atom. The lowest BCUT2D eigenvalue weighted by atomic mass is 10.1. The van der Waals surface area contributed by atoms with E-state index in [-0.39, 0.29) is 11.9 Å². The minimum atomic E-state index is -0.0466. The summed E-state index contributed by atoms with van der Waals surface area (Å²) in [7, 11) is 0. The summed E-state index contributed by atoms with van der Waals surface area (Å²) in [6.07, 6.45) is 5.01. The molecule has 0 spiro atoms. The van der Waals surface area contributed by atoms with Gasteiger partial charge in [0.15, 0.2) is 0 Å². The maximum absolute atomic E-state index is 12.4. The Bertz CT molecular complexity index is 462. The van der Waals surface area contributed by atoms with Gasteiger partial charge in [-0.25, -0.2) is 0 Å². The Hall–Kier alpha value is -1.35. The number of hydrogen-bond donors (Lipinski definition) is 1. The van der Waals surface area contributed by atoms with Crippen molar-refractivity contribution in [1.29, 1.82) is 0 Å². The van der Waals surface area contributed by atoms with Gasteiger partial charge < -0.3 is 5.32 Å². The summed E-state index contributed by atoms with van der Waals surface area (Å²) in [6, 6.07) is 6.04. The summed E-state index contributed by atoms with van der Waals surface area (Å²) >= 11 is 0. The highest BCUT2D eigenvalue weighted by molar-refractivity contribution is 5.94. The van der Waals surface area contributed by atoms with Gasteiger partial charge in [-0.2, -0.15) is 0 Å². The average Bonchev–Trinajstić information content (AvgIpc) is 2.71. The van der Waals surface area contributed by atoms with Gasteiger partial charge in [0.05, 0.1) is 6.04 Å². The molecule has 1 aromatic carbocycles. The van der Waals surface area contributed by atoms with E-state index in [1.165, 1.54) is 36.8 Å². The average molecular weight is 274 g/mol. The van der Waals surface area contributed by atoms with Crippen molar-refractivity contribution in [1.82, 2.24) is 4.90 Å². The van der Waals surface area contributed by atoms with E-state index in [0.717, 1.165) is 18.8 Å². The maximum atomic E-state index is 12.4. The lowest BCUT2D eigenvalue weighted by molar-refractivity contribution is -0.120. The van der Waals surface area contributed by atoms with Crippen LogP contribution >= 0.6 is 0 Å². The number of nitrogens with zero attached hydrogens (tertiary/aromatic N) is 1. The zero-order chi connectivity index (χ0) is 14.5. The first-order valence-corrected chi connectivity index (χ1v) is 7.70. The van der Waals surface area contributed by atoms with Crippen molar-refractivity contribution in [3.63, 3.8) is 0 Å². The van der Waals surface area contributed by atoms with Crippen molar-refractivity contribution in [2.75, 3.05) is 18.4 Å². The van der Waals surface area contributed by atoms with Crippen molar-refractivity contribution >= 4 is 11.6 Å². The van der Waals surface area contributed by atoms with Crippen LogP contribution in [0, 0.1) is 13.8 Å². The van der Waals surface area contributed by atoms with E-state index < -0.39 is 0 Å². The van der Waals surface area contributed by atoms with Crippen LogP contribution in [-0.2, 0) is 4.79 Å². The lowest BCUT2D eigenvalue weighted by Crippen LogP contribution is -2.42. The number of benzene rings is 1. The molecule has 0 aliphatic carbocycles. The Balaban J connectivity index is 1.97. The van der Waals surface area contributed by atoms with Crippen LogP contribution in [0.3, 0.4) is 0 Å². The molecule has 1 N–H and O–H groups in total. The van der Waals surface area contributed by atoms with Crippen molar-refractivity contribution in [3.05, 3.63) is 29.3 Å². The molecule has 0 bridgehead atoms. The second-order valence-electron chi connectivity index (χ2n) is 5.91. The van der Waals surface area contributed by atoms with Gasteiger partial charge in [0.1, 0.15) is 0 Å². The number of hydrogen-bond acceptors (Lipinski definition) is 2. The molecule has 1 aromatic rings. The normalized spacial score (nSPS) is 18.4. The van der Waals surface area contributed by atoms with Gasteiger partial charge >= 0.3 is 0 Å². The molecule has 1 saturated heterocycles. The van der Waals surface area contributed by atoms with Crippen molar-refractivity contribution < 1.29 is 4.79 Å². The first-order valence-electron chi connectivity index (χ1n) is 7.70. The van der Waals surface area contributed by atoms with Gasteiger partial charge in [0.25, 0.3) is 0 Å². The van der Waals surface area contributed by atoms with Gasteiger partial charge in [0, 0.05) is 5.69 Å². The molecule has 1 atom stereocenters. The summed E-state index contributed by atoms with van der Waals surface area (Å²) in [5.41, 5.74) is 3.37. The van der Waals surface area contributed by atoms with Crippen LogP contribution in [0.5, 0.6) is 0 Å². The molecule has 1 aliphatic rings. The molecular formula is C17H26N2O. The monoisotopic (exact) mass is 274 g/mol. The van der Waals surface area contributed by atoms with Crippen molar-refractivity contribution in [2.24, 2.45) is 0 Å². The number of anilines is 1. The molecule has 1 amide bonds. The molecule has 20 heavy (non-hydrogen) atoms. The molecule has 2 rings (SSSR count). The minimum Gasteiger partial charge on any atom is -0.325 e. The Morgan fingerprint density at radius 1 is 1.10 bits per heavy atom. The summed E-state index contributed by atoms with van der Waals surface area (Å²) in [5.74, 6) is 0.107. The quantitative estimate of drug-likeness (QED) is 0.915. The summed E-state index contributed by atoms with van der Waals surface area (Å²) < 4.78 is 0. The zero-order valence-electron chi connectivity index (χ0n) is 12.9. The Morgan fingerprint density at radius 2 is 1.75 bits per heavy atom. The second-order valence-corrected chi connectivity index (χ2v) is 5.91. The molecule has 1 fully saturated rings. The van der Waals surface area contributed by atoms with Gasteiger partial charge in [-0.15, -0.1) is 0 Å². The van der Waals surface area contributed by atoms with Crippen LogP contribution in [0.25, 0.3) is 0 Å². The Labute approximate surface area is 122 Å². The summed E-state index contributed by atoms with van der Waals surface area (Å²) in [6.45, 7) is 8.26. The smallest absolute Gasteiger partial charge is 0.241 e. The van der Waals surface area contributed by atoms with Crippen LogP contribution in [0.2, 0.25) is 0 Å². The fourth-order valence-corrected chi connectivity index (χ4v) is 2.71. The van der Waals surface area contributed by atoms with Crippen LogP contribution < -0.4 is 5.32 Å². The summed E-state index contributed by atoms with van der Waals surface area (Å²) in [5, 5.41) is 3.05. The molecular weight excluding hydrogens is 248 g/mol. The number of carbonyl (C=O) groups is 1. The van der Waals surface area contributed by atoms with E-state index in [4.69, 9.17) is 0 Å². The molecule has 1 heterocycles. The Kier molecular flexibility index (Phi) is 5.18. The van der Waals surface area contributed by atoms with E-state index in [1.807, 2.05) is 19.1 Å². The molecule has 3 nitrogen and oxygen atoms in total. The third-order valence-electron chi connectivity index (χ3n) is 4.34. The van der Waals surface area contributed by atoms with Crippen LogP contribution in [-0.4, -0.2) is 29.9 Å². The summed E-state index contributed by atoms with van der Waals surface area (Å²) in [4.78, 5) is 14.7. The lowest BCUT2D eigenvalue weighted by Gasteiger charge is -2.26. The van der Waals surface area contributed by atoms with Gasteiger partial charge in [-0.1, -0.05) is 18.9 Å². The molecule has 3 heteroatoms. The second kappa shape index (κ2) is 6.89. The third-order valence-corrected chi connectivity index (χ3v) is 4.34. The third kappa shape index (κ3) is 3.83. The van der Waals surface area contributed by atoms with Gasteiger partial charge in [0.2, 0.25) is 5.91 Å². The molecule has 110 valence electrons. The highest BCUT2D eigenvalue weighted by Gasteiger charge is 2.22. The number of amides is 1. The fourth-order valence-electron chi connectivity index (χ4n) is 2.71. The standard InChI is InChI=1S/C17H26N2O/c1-13-8-9-16(12-14(13)2)18-17(20)15(3)19-10-6-4-5-7-11-19/h8-9,12,15H,4-7,10-11H2,1-3H3,(H,18,20). The van der Waals surface area contributed by atoms with E-state index >= 15 is 0 Å². The highest BCUT2D eigenvalue weighted by Crippen LogP contribution is 2.16. The maximum Gasteiger partial charge on any atom is 0.241 e. The predicted molar refractivity (Wildman–Crippen MR) is 84.0 cm³/mol. The van der Waals surface area contributed by atoms with Crippen molar-refractivity contribution in [2.45, 2.75) is 52.5 Å². The zero-order valence-corrected chi connectivity index (χ0v) is 12.9. The SMILES string of the molecule is Cc1ccc(NC(=O)C(C)N2CCCCCC2)cc1C. The number of aryl methyl sites for hydroxylation is 2. The van der Waals surface area contributed by atoms with Crippen LogP contribution in [0.1, 0.15) is 43.7 Å². The topological polar surface area (TPSA) is 32.3 Å². The molecule has 0 saturated carbocycles. The molecule has 0 radical (unpaired) electrons. The number of likely N-dealkylation sites (tertiary alicyclic amines) is 1. The first kappa shape index (κ1) is 15.0. The number of carbonyl (C=O) groups excluding carboxylic acids is 1. The molecule has 1 unspecified atom stereocenters. The molecule has 1 aliphatic heterocycles. The minimum absolute atomic E-state index is 0.0466.